The molecule has 1 fully saturated rings. The Morgan fingerprint density at radius 2 is 2.25 bits per heavy atom. The largest absolute Gasteiger partial charge is 0.312 e. The van der Waals surface area contributed by atoms with Gasteiger partial charge in [-0.25, -0.2) is 0 Å². The van der Waals surface area contributed by atoms with Crippen LogP contribution in [0.1, 0.15) is 40.5 Å². The van der Waals surface area contributed by atoms with Gasteiger partial charge in [0.1, 0.15) is 0 Å². The summed E-state index contributed by atoms with van der Waals surface area (Å²) in [5.41, 5.74) is -0.113. The smallest absolute Gasteiger partial charge is 0.0766 e. The summed E-state index contributed by atoms with van der Waals surface area (Å²) in [6.45, 7) is 12.2. The quantitative estimate of drug-likeness (QED) is 0.736. The van der Waals surface area contributed by atoms with Crippen molar-refractivity contribution in [2.24, 2.45) is 5.92 Å². The van der Waals surface area contributed by atoms with Gasteiger partial charge in [0.2, 0.25) is 0 Å². The van der Waals surface area contributed by atoms with Gasteiger partial charge in [0.15, 0.2) is 0 Å². The number of hydrogen-bond acceptors (Lipinski definition) is 2. The monoisotopic (exact) mass is 222 g/mol. The third-order valence-electron chi connectivity index (χ3n) is 3.90. The van der Waals surface area contributed by atoms with Crippen molar-refractivity contribution in [3.63, 3.8) is 0 Å². The maximum Gasteiger partial charge on any atom is 0.0766 e. The normalized spacial score (nSPS) is 25.8. The van der Waals surface area contributed by atoms with Crippen molar-refractivity contribution in [1.29, 1.82) is 0 Å². The van der Waals surface area contributed by atoms with E-state index in [1.165, 1.54) is 12.8 Å². The second kappa shape index (κ2) is 5.70. The number of nitrogens with zero attached hydrogens (tertiary/aromatic N) is 1. The van der Waals surface area contributed by atoms with E-state index in [2.05, 4.69) is 43.8 Å². The molecule has 2 unspecified atom stereocenters. The zero-order valence-electron chi connectivity index (χ0n) is 11.2. The fraction of sp³-hybridized carbons (Fsp3) is 0.857. The maximum absolute atomic E-state index is 5.63. The Bertz CT molecular complexity index is 252. The van der Waals surface area contributed by atoms with Crippen LogP contribution >= 0.6 is 0 Å². The van der Waals surface area contributed by atoms with Crippen LogP contribution in [-0.2, 0) is 0 Å². The van der Waals surface area contributed by atoms with E-state index in [-0.39, 0.29) is 5.54 Å². The lowest BCUT2D eigenvalue weighted by molar-refractivity contribution is 0.153. The van der Waals surface area contributed by atoms with E-state index in [4.69, 9.17) is 6.42 Å². The Labute approximate surface area is 101 Å². The molecule has 1 saturated heterocycles. The van der Waals surface area contributed by atoms with E-state index in [1.54, 1.807) is 0 Å². The van der Waals surface area contributed by atoms with Crippen LogP contribution in [0.3, 0.4) is 0 Å². The second-order valence-corrected chi connectivity index (χ2v) is 5.45. The molecule has 1 N–H and O–H groups in total. The van der Waals surface area contributed by atoms with E-state index in [9.17, 15) is 0 Å². The summed E-state index contributed by atoms with van der Waals surface area (Å²) in [6, 6.07) is 0.583. The predicted octanol–water partition coefficient (Wildman–Crippen LogP) is 2.11. The minimum Gasteiger partial charge on any atom is -0.312 e. The zero-order chi connectivity index (χ0) is 12.2. The summed E-state index contributed by atoms with van der Waals surface area (Å²) >= 11 is 0. The minimum atomic E-state index is -0.113. The number of rotatable bonds is 3. The molecule has 2 nitrogen and oxygen atoms in total. The van der Waals surface area contributed by atoms with E-state index < -0.39 is 0 Å². The highest BCUT2D eigenvalue weighted by molar-refractivity contribution is 5.09. The topological polar surface area (TPSA) is 15.3 Å². The summed E-state index contributed by atoms with van der Waals surface area (Å²) in [7, 11) is 0. The molecule has 0 bridgehead atoms. The molecule has 1 aliphatic heterocycles. The third kappa shape index (κ3) is 3.23. The van der Waals surface area contributed by atoms with Gasteiger partial charge in [-0.1, -0.05) is 26.2 Å². The van der Waals surface area contributed by atoms with Crippen LogP contribution in [0.15, 0.2) is 0 Å². The highest BCUT2D eigenvalue weighted by atomic mass is 15.2. The van der Waals surface area contributed by atoms with Crippen LogP contribution in [0.2, 0.25) is 0 Å². The van der Waals surface area contributed by atoms with Crippen LogP contribution in [0.25, 0.3) is 0 Å². The lowest BCUT2D eigenvalue weighted by atomic mass is 9.96. The van der Waals surface area contributed by atoms with Gasteiger partial charge < -0.3 is 5.32 Å². The van der Waals surface area contributed by atoms with Gasteiger partial charge in [-0.05, 0) is 32.7 Å². The van der Waals surface area contributed by atoms with Crippen LogP contribution in [0.5, 0.6) is 0 Å². The van der Waals surface area contributed by atoms with Gasteiger partial charge in [0.25, 0.3) is 0 Å². The minimum absolute atomic E-state index is 0.113. The molecule has 1 rings (SSSR count). The first-order chi connectivity index (χ1) is 7.51. The highest BCUT2D eigenvalue weighted by Gasteiger charge is 2.29. The van der Waals surface area contributed by atoms with Crippen molar-refractivity contribution in [1.82, 2.24) is 10.2 Å². The van der Waals surface area contributed by atoms with Gasteiger partial charge in [-0.3, -0.25) is 4.90 Å². The molecule has 1 heterocycles. The lowest BCUT2D eigenvalue weighted by Crippen LogP contribution is -2.49. The molecule has 0 saturated carbocycles. The van der Waals surface area contributed by atoms with Crippen LogP contribution < -0.4 is 5.32 Å². The molecule has 92 valence electrons. The van der Waals surface area contributed by atoms with Gasteiger partial charge >= 0.3 is 0 Å². The molecular weight excluding hydrogens is 196 g/mol. The van der Waals surface area contributed by atoms with E-state index in [1.807, 2.05) is 0 Å². The summed E-state index contributed by atoms with van der Waals surface area (Å²) in [5.74, 6) is 3.63. The molecule has 1 aliphatic rings. The summed E-state index contributed by atoms with van der Waals surface area (Å²) < 4.78 is 0. The van der Waals surface area contributed by atoms with E-state index in [0.29, 0.717) is 12.0 Å². The molecular formula is C14H26N2. The molecule has 2 heteroatoms. The molecule has 0 aromatic heterocycles. The molecule has 16 heavy (non-hydrogen) atoms. The van der Waals surface area contributed by atoms with Gasteiger partial charge in [-0.15, -0.1) is 6.42 Å². The third-order valence-corrected chi connectivity index (χ3v) is 3.90. The molecule has 0 amide bonds. The number of terminal acetylenes is 1. The van der Waals surface area contributed by atoms with Gasteiger partial charge in [0.05, 0.1) is 5.54 Å². The Morgan fingerprint density at radius 1 is 1.56 bits per heavy atom. The molecule has 0 aliphatic carbocycles. The zero-order valence-corrected chi connectivity index (χ0v) is 11.2. The van der Waals surface area contributed by atoms with Crippen molar-refractivity contribution in [2.75, 3.05) is 19.6 Å². The van der Waals surface area contributed by atoms with Crippen LogP contribution in [0, 0.1) is 18.3 Å². The summed E-state index contributed by atoms with van der Waals surface area (Å²) in [4.78, 5) is 2.45. The standard InChI is InChI=1S/C14H26N2/c1-6-12(3)13-11-16(10-8-9-15-13)14(4,5)7-2/h2,12-13,15H,6,8-11H2,1,3-5H3. The highest BCUT2D eigenvalue weighted by Crippen LogP contribution is 2.19. The first-order valence-corrected chi connectivity index (χ1v) is 6.47. The van der Waals surface area contributed by atoms with Gasteiger partial charge in [0, 0.05) is 19.1 Å². The molecule has 0 spiro atoms. The first kappa shape index (κ1) is 13.5. The van der Waals surface area contributed by atoms with E-state index >= 15 is 0 Å². The Kier molecular flexibility index (Phi) is 4.83. The molecule has 0 radical (unpaired) electrons. The lowest BCUT2D eigenvalue weighted by Gasteiger charge is -2.36. The summed E-state index contributed by atoms with van der Waals surface area (Å²) in [5, 5.41) is 3.65. The summed E-state index contributed by atoms with van der Waals surface area (Å²) in [6.07, 6.45) is 8.05. The van der Waals surface area contributed by atoms with Crippen molar-refractivity contribution in [3.8, 4) is 12.3 Å². The van der Waals surface area contributed by atoms with Crippen molar-refractivity contribution in [3.05, 3.63) is 0 Å². The fourth-order valence-electron chi connectivity index (χ4n) is 2.22. The number of nitrogens with one attached hydrogen (secondary N) is 1. The van der Waals surface area contributed by atoms with Gasteiger partial charge in [-0.2, -0.15) is 0 Å². The SMILES string of the molecule is C#CC(C)(C)N1CCCNC(C(C)CC)C1. The first-order valence-electron chi connectivity index (χ1n) is 6.47. The maximum atomic E-state index is 5.63. The Morgan fingerprint density at radius 3 is 2.81 bits per heavy atom. The molecule has 0 aromatic carbocycles. The van der Waals surface area contributed by atoms with Crippen LogP contribution in [0.4, 0.5) is 0 Å². The van der Waals surface area contributed by atoms with Crippen molar-refractivity contribution >= 4 is 0 Å². The predicted molar refractivity (Wildman–Crippen MR) is 70.3 cm³/mol. The van der Waals surface area contributed by atoms with Crippen LogP contribution in [-0.4, -0.2) is 36.1 Å². The van der Waals surface area contributed by atoms with E-state index in [0.717, 1.165) is 19.6 Å². The van der Waals surface area contributed by atoms with Crippen molar-refractivity contribution in [2.45, 2.75) is 52.1 Å². The molecule has 0 aromatic rings. The Balaban J connectivity index is 2.70. The number of hydrogen-bond donors (Lipinski definition) is 1. The molecule has 2 atom stereocenters. The average Bonchev–Trinajstić information content (AvgIpc) is 2.54. The average molecular weight is 222 g/mol. The Hall–Kier alpha value is -0.520. The second-order valence-electron chi connectivity index (χ2n) is 5.45. The fourth-order valence-corrected chi connectivity index (χ4v) is 2.22. The van der Waals surface area contributed by atoms with Crippen molar-refractivity contribution < 1.29 is 0 Å².